The van der Waals surface area contributed by atoms with Gasteiger partial charge in [-0.2, -0.15) is 0 Å². The largest absolute Gasteiger partial charge is 0.283 e. The minimum atomic E-state index is -0.333. The third-order valence-electron chi connectivity index (χ3n) is 2.73. The Morgan fingerprint density at radius 3 is 3.00 bits per heavy atom. The van der Waals surface area contributed by atoms with E-state index in [0.717, 1.165) is 34.7 Å². The molecule has 1 aliphatic carbocycles. The summed E-state index contributed by atoms with van der Waals surface area (Å²) in [6.45, 7) is 0. The fourth-order valence-electron chi connectivity index (χ4n) is 1.66. The molecule has 1 saturated carbocycles. The van der Waals surface area contributed by atoms with Gasteiger partial charge in [0.2, 0.25) is 0 Å². The summed E-state index contributed by atoms with van der Waals surface area (Å²) in [5, 5.41) is 3.98. The highest BCUT2D eigenvalue weighted by Gasteiger charge is 2.31. The van der Waals surface area contributed by atoms with Gasteiger partial charge in [0.25, 0.3) is 11.5 Å². The van der Waals surface area contributed by atoms with Crippen LogP contribution in [0.5, 0.6) is 0 Å². The maximum absolute atomic E-state index is 12.0. The third kappa shape index (κ3) is 2.04. The van der Waals surface area contributed by atoms with E-state index in [2.05, 4.69) is 15.0 Å². The van der Waals surface area contributed by atoms with E-state index in [0.29, 0.717) is 10.8 Å². The van der Waals surface area contributed by atoms with Gasteiger partial charge in [0.1, 0.15) is 4.88 Å². The van der Waals surface area contributed by atoms with E-state index in [1.165, 1.54) is 12.3 Å². The summed E-state index contributed by atoms with van der Waals surface area (Å²) >= 11 is 1.06. The first kappa shape index (κ1) is 11.1. The SMILES string of the molecule is O=C(Nn1ccccc1=O)c1snnc1C1CC1. The van der Waals surface area contributed by atoms with Crippen LogP contribution in [0.3, 0.4) is 0 Å². The molecule has 7 heteroatoms. The van der Waals surface area contributed by atoms with Crippen LogP contribution in [0.2, 0.25) is 0 Å². The van der Waals surface area contributed by atoms with Crippen LogP contribution in [0.25, 0.3) is 0 Å². The van der Waals surface area contributed by atoms with Crippen LogP contribution in [-0.4, -0.2) is 20.2 Å². The maximum atomic E-state index is 12.0. The van der Waals surface area contributed by atoms with Gasteiger partial charge < -0.3 is 0 Å². The molecule has 0 saturated heterocycles. The first-order chi connectivity index (χ1) is 8.75. The Balaban J connectivity index is 1.85. The number of nitrogens with zero attached hydrogens (tertiary/aromatic N) is 3. The maximum Gasteiger partial charge on any atom is 0.283 e. The van der Waals surface area contributed by atoms with Gasteiger partial charge in [-0.3, -0.25) is 15.0 Å². The number of rotatable bonds is 3. The Morgan fingerprint density at radius 1 is 1.44 bits per heavy atom. The molecule has 2 aromatic heterocycles. The van der Waals surface area contributed by atoms with E-state index in [1.807, 2.05) is 0 Å². The van der Waals surface area contributed by atoms with Crippen molar-refractivity contribution in [1.82, 2.24) is 14.3 Å². The summed E-state index contributed by atoms with van der Waals surface area (Å²) in [4.78, 5) is 24.0. The van der Waals surface area contributed by atoms with E-state index in [9.17, 15) is 9.59 Å². The molecular formula is C11H10N4O2S. The lowest BCUT2D eigenvalue weighted by molar-refractivity contribution is 0.101. The molecule has 1 fully saturated rings. The average Bonchev–Trinajstić information content (AvgIpc) is 3.09. The van der Waals surface area contributed by atoms with E-state index < -0.39 is 0 Å². The van der Waals surface area contributed by atoms with Crippen molar-refractivity contribution in [1.29, 1.82) is 0 Å². The second kappa shape index (κ2) is 4.34. The van der Waals surface area contributed by atoms with E-state index in [4.69, 9.17) is 0 Å². The zero-order valence-electron chi connectivity index (χ0n) is 9.37. The summed E-state index contributed by atoms with van der Waals surface area (Å²) < 4.78 is 4.96. The van der Waals surface area contributed by atoms with Crippen LogP contribution in [0.1, 0.15) is 34.1 Å². The van der Waals surface area contributed by atoms with E-state index in [1.54, 1.807) is 12.1 Å². The summed E-state index contributed by atoms with van der Waals surface area (Å²) in [6, 6.07) is 4.68. The molecule has 0 radical (unpaired) electrons. The van der Waals surface area contributed by atoms with Gasteiger partial charge in [0, 0.05) is 18.2 Å². The van der Waals surface area contributed by atoms with E-state index >= 15 is 0 Å². The normalized spacial score (nSPS) is 14.4. The molecule has 18 heavy (non-hydrogen) atoms. The van der Waals surface area contributed by atoms with Crippen LogP contribution in [0.15, 0.2) is 29.2 Å². The van der Waals surface area contributed by atoms with Crippen molar-refractivity contribution in [2.45, 2.75) is 18.8 Å². The highest BCUT2D eigenvalue weighted by Crippen LogP contribution is 2.41. The predicted octanol–water partition coefficient (Wildman–Crippen LogP) is 0.961. The lowest BCUT2D eigenvalue weighted by Gasteiger charge is -2.06. The number of carbonyl (C=O) groups is 1. The molecule has 0 atom stereocenters. The van der Waals surface area contributed by atoms with Gasteiger partial charge in [-0.15, -0.1) is 5.10 Å². The van der Waals surface area contributed by atoms with Gasteiger partial charge in [-0.05, 0) is 30.4 Å². The van der Waals surface area contributed by atoms with Crippen molar-refractivity contribution >= 4 is 17.4 Å². The van der Waals surface area contributed by atoms with Crippen LogP contribution in [0, 0.1) is 0 Å². The summed E-state index contributed by atoms with van der Waals surface area (Å²) in [6.07, 6.45) is 3.61. The van der Waals surface area contributed by atoms with Gasteiger partial charge in [-0.25, -0.2) is 4.68 Å². The fraction of sp³-hybridized carbons (Fsp3) is 0.273. The molecule has 1 amide bonds. The standard InChI is InChI=1S/C11H10N4O2S/c16-8-3-1-2-6-15(8)13-11(17)10-9(7-4-5-7)12-14-18-10/h1-3,6-7H,4-5H2,(H,13,17). The van der Waals surface area contributed by atoms with Gasteiger partial charge in [0.15, 0.2) is 0 Å². The van der Waals surface area contributed by atoms with Crippen LogP contribution >= 0.6 is 11.5 Å². The number of carbonyl (C=O) groups excluding carboxylic acids is 1. The molecule has 1 aliphatic rings. The zero-order chi connectivity index (χ0) is 12.5. The Labute approximate surface area is 106 Å². The Kier molecular flexibility index (Phi) is 2.67. The highest BCUT2D eigenvalue weighted by molar-refractivity contribution is 7.08. The third-order valence-corrected chi connectivity index (χ3v) is 3.47. The second-order valence-electron chi connectivity index (χ2n) is 4.11. The Morgan fingerprint density at radius 2 is 2.28 bits per heavy atom. The van der Waals surface area contributed by atoms with Gasteiger partial charge >= 0.3 is 0 Å². The quantitative estimate of drug-likeness (QED) is 0.893. The van der Waals surface area contributed by atoms with Crippen molar-refractivity contribution < 1.29 is 4.79 Å². The highest BCUT2D eigenvalue weighted by atomic mass is 32.1. The smallest absolute Gasteiger partial charge is 0.268 e. The topological polar surface area (TPSA) is 76.9 Å². The van der Waals surface area contributed by atoms with Crippen LogP contribution < -0.4 is 11.0 Å². The molecule has 6 nitrogen and oxygen atoms in total. The Bertz CT molecular complexity index is 644. The number of aromatic nitrogens is 3. The molecule has 2 heterocycles. The monoisotopic (exact) mass is 262 g/mol. The second-order valence-corrected chi connectivity index (χ2v) is 4.87. The molecule has 2 aromatic rings. The number of amides is 1. The zero-order valence-corrected chi connectivity index (χ0v) is 10.2. The van der Waals surface area contributed by atoms with Crippen molar-refractivity contribution in [2.75, 3.05) is 5.43 Å². The molecule has 0 bridgehead atoms. The molecule has 0 spiro atoms. The number of hydrogen-bond donors (Lipinski definition) is 1. The number of pyridine rings is 1. The summed E-state index contributed by atoms with van der Waals surface area (Å²) in [7, 11) is 0. The van der Waals surface area contributed by atoms with Crippen molar-refractivity contribution in [3.63, 3.8) is 0 Å². The molecule has 3 rings (SSSR count). The van der Waals surface area contributed by atoms with Crippen molar-refractivity contribution in [2.24, 2.45) is 0 Å². The summed E-state index contributed by atoms with van der Waals surface area (Å²) in [5.74, 6) is 0.0252. The molecule has 1 N–H and O–H groups in total. The number of hydrogen-bond acceptors (Lipinski definition) is 5. The molecule has 92 valence electrons. The van der Waals surface area contributed by atoms with Gasteiger partial charge in [0.05, 0.1) is 5.69 Å². The Hall–Kier alpha value is -2.02. The van der Waals surface area contributed by atoms with Crippen molar-refractivity contribution in [3.8, 4) is 0 Å². The minimum Gasteiger partial charge on any atom is -0.268 e. The first-order valence-electron chi connectivity index (χ1n) is 5.57. The van der Waals surface area contributed by atoms with Crippen molar-refractivity contribution in [3.05, 3.63) is 45.3 Å². The summed E-state index contributed by atoms with van der Waals surface area (Å²) in [5.41, 5.74) is 3.00. The molecule has 0 aliphatic heterocycles. The molecule has 0 aromatic carbocycles. The molecule has 0 unspecified atom stereocenters. The fourth-order valence-corrected chi connectivity index (χ4v) is 2.30. The first-order valence-corrected chi connectivity index (χ1v) is 6.34. The van der Waals surface area contributed by atoms with E-state index in [-0.39, 0.29) is 11.5 Å². The lowest BCUT2D eigenvalue weighted by atomic mass is 10.2. The predicted molar refractivity (Wildman–Crippen MR) is 66.3 cm³/mol. The minimum absolute atomic E-state index is 0.281. The van der Waals surface area contributed by atoms with Crippen LogP contribution in [-0.2, 0) is 0 Å². The molecular weight excluding hydrogens is 252 g/mol. The average molecular weight is 262 g/mol. The number of nitrogens with one attached hydrogen (secondary N) is 1. The lowest BCUT2D eigenvalue weighted by Crippen LogP contribution is -2.31. The van der Waals surface area contributed by atoms with Crippen LogP contribution in [0.4, 0.5) is 0 Å². The van der Waals surface area contributed by atoms with Gasteiger partial charge in [-0.1, -0.05) is 10.6 Å².